The molecule has 0 aliphatic rings. The Balaban J connectivity index is 2.32. The Bertz CT molecular complexity index is 470. The van der Waals surface area contributed by atoms with Crippen molar-refractivity contribution in [3.63, 3.8) is 0 Å². The molecule has 0 heterocycles. The molecule has 0 fully saturated rings. The zero-order valence-electron chi connectivity index (χ0n) is 9.58. The van der Waals surface area contributed by atoms with Crippen molar-refractivity contribution in [3.05, 3.63) is 60.7 Å². The molecule has 0 bridgehead atoms. The number of benzene rings is 2. The van der Waals surface area contributed by atoms with Crippen molar-refractivity contribution in [2.45, 2.75) is 0 Å². The predicted octanol–water partition coefficient (Wildman–Crippen LogP) is 3.85. The third kappa shape index (κ3) is 4.18. The van der Waals surface area contributed by atoms with E-state index in [1.807, 2.05) is 17.1 Å². The molecule has 0 amide bonds. The van der Waals surface area contributed by atoms with Crippen molar-refractivity contribution in [2.75, 3.05) is 6.16 Å². The van der Waals surface area contributed by atoms with Crippen LogP contribution in [0, 0.1) is 0 Å². The van der Waals surface area contributed by atoms with Gasteiger partial charge in [-0.3, -0.25) is 0 Å². The van der Waals surface area contributed by atoms with Gasteiger partial charge in [-0.05, 0) is 0 Å². The molecule has 4 heteroatoms. The van der Waals surface area contributed by atoms with E-state index in [0.29, 0.717) is 0 Å². The topological polar surface area (TPSA) is 0 Å². The van der Waals surface area contributed by atoms with E-state index in [1.165, 1.54) is 10.6 Å². The molecular weight excluding hydrogens is 329 g/mol. The fourth-order valence-electron chi connectivity index (χ4n) is 1.68. The first-order valence-electron chi connectivity index (χ1n) is 5.41. The summed E-state index contributed by atoms with van der Waals surface area (Å²) < 4.78 is 0. The predicted molar refractivity (Wildman–Crippen MR) is 81.7 cm³/mol. The van der Waals surface area contributed by atoms with Gasteiger partial charge in [0.15, 0.2) is 0 Å². The number of hydrogen-bond donors (Lipinski definition) is 0. The molecule has 0 saturated heterocycles. The summed E-state index contributed by atoms with van der Waals surface area (Å²) in [6.07, 6.45) is 0.922. The van der Waals surface area contributed by atoms with E-state index in [0.717, 1.165) is 6.16 Å². The zero-order valence-corrected chi connectivity index (χ0v) is 13.0. The van der Waals surface area contributed by atoms with Gasteiger partial charge in [0.1, 0.15) is 0 Å². The molecule has 0 aliphatic carbocycles. The SMILES string of the molecule is [Cl][Ni]([Cl])=[CH]CP(c1ccccc1)c1ccccc1. The van der Waals surface area contributed by atoms with Gasteiger partial charge in [-0.2, -0.15) is 0 Å². The van der Waals surface area contributed by atoms with Gasteiger partial charge in [-0.25, -0.2) is 0 Å². The van der Waals surface area contributed by atoms with E-state index < -0.39 is 19.1 Å². The Morgan fingerprint density at radius 3 is 1.67 bits per heavy atom. The zero-order chi connectivity index (χ0) is 12.8. The van der Waals surface area contributed by atoms with Crippen LogP contribution < -0.4 is 10.6 Å². The van der Waals surface area contributed by atoms with Gasteiger partial charge in [-0.15, -0.1) is 0 Å². The van der Waals surface area contributed by atoms with Crippen LogP contribution in [0.3, 0.4) is 0 Å². The van der Waals surface area contributed by atoms with Crippen molar-refractivity contribution >= 4 is 43.9 Å². The molecule has 0 aromatic heterocycles. The van der Waals surface area contributed by atoms with Crippen LogP contribution in [0.25, 0.3) is 0 Å². The molecule has 0 N–H and O–H groups in total. The number of rotatable bonds is 4. The second kappa shape index (κ2) is 7.41. The average molecular weight is 342 g/mol. The quantitative estimate of drug-likeness (QED) is 0.585. The summed E-state index contributed by atoms with van der Waals surface area (Å²) in [5.74, 6) is 0. The van der Waals surface area contributed by atoms with E-state index >= 15 is 0 Å². The van der Waals surface area contributed by atoms with Crippen LogP contribution in [0.15, 0.2) is 60.7 Å². The van der Waals surface area contributed by atoms with Gasteiger partial charge >= 0.3 is 122 Å². The standard InChI is InChI=1S/C14H13P.2ClH.Ni/c1-2-15(13-9-5-3-6-10-13)14-11-7-4-8-12-14;;;/h1,3-12H,2H2;2*1H;/q;;;+2/p-2. The Labute approximate surface area is 121 Å². The molecule has 0 atom stereocenters. The summed E-state index contributed by atoms with van der Waals surface area (Å²) in [4.78, 5) is 2.01. The fraction of sp³-hybridized carbons (Fsp3) is 0.0714. The van der Waals surface area contributed by atoms with Crippen LogP contribution in [0.4, 0.5) is 0 Å². The number of hydrogen-bond acceptors (Lipinski definition) is 0. The Kier molecular flexibility index (Phi) is 5.86. The van der Waals surface area contributed by atoms with Crippen molar-refractivity contribution in [1.29, 1.82) is 0 Å². The van der Waals surface area contributed by atoms with Gasteiger partial charge < -0.3 is 0 Å². The summed E-state index contributed by atoms with van der Waals surface area (Å²) >= 11 is -0.772. The minimum atomic E-state index is -0.772. The van der Waals surface area contributed by atoms with Gasteiger partial charge in [0.2, 0.25) is 0 Å². The normalized spacial score (nSPS) is 11.4. The van der Waals surface area contributed by atoms with Crippen LogP contribution in [0.2, 0.25) is 0 Å². The molecule has 0 spiro atoms. The average Bonchev–Trinajstić information content (AvgIpc) is 2.41. The Morgan fingerprint density at radius 2 is 1.28 bits per heavy atom. The molecule has 0 aliphatic heterocycles. The Morgan fingerprint density at radius 1 is 0.833 bits per heavy atom. The Hall–Kier alpha value is -0.186. The summed E-state index contributed by atoms with van der Waals surface area (Å²) in [5, 5.41) is 2.72. The second-order valence-corrected chi connectivity index (χ2v) is 9.45. The van der Waals surface area contributed by atoms with E-state index in [-0.39, 0.29) is 0 Å². The van der Waals surface area contributed by atoms with E-state index in [9.17, 15) is 0 Å². The first kappa shape index (κ1) is 14.2. The van der Waals surface area contributed by atoms with Crippen molar-refractivity contribution < 1.29 is 11.2 Å². The maximum atomic E-state index is 5.86. The van der Waals surface area contributed by atoms with Gasteiger partial charge in [0, 0.05) is 0 Å². The molecule has 0 nitrogen and oxygen atoms in total. The first-order valence-corrected chi connectivity index (χ1v) is 10.2. The summed E-state index contributed by atoms with van der Waals surface area (Å²) in [7, 11) is 11.3. The molecule has 98 valence electrons. The molecular formula is C14H13Cl2NiP. The van der Waals surface area contributed by atoms with Crippen LogP contribution in [0.5, 0.6) is 0 Å². The number of halogens is 2. The third-order valence-electron chi connectivity index (χ3n) is 2.47. The molecule has 2 rings (SSSR count). The van der Waals surface area contributed by atoms with Crippen molar-refractivity contribution in [2.24, 2.45) is 0 Å². The monoisotopic (exact) mass is 340 g/mol. The van der Waals surface area contributed by atoms with Crippen molar-refractivity contribution in [1.82, 2.24) is 0 Å². The van der Waals surface area contributed by atoms with Crippen LogP contribution >= 0.6 is 28.3 Å². The summed E-state index contributed by atoms with van der Waals surface area (Å²) in [6, 6.07) is 21.1. The molecule has 0 saturated carbocycles. The molecule has 2 aromatic rings. The van der Waals surface area contributed by atoms with Gasteiger partial charge in [-0.1, -0.05) is 0 Å². The van der Waals surface area contributed by atoms with Gasteiger partial charge in [0.05, 0.1) is 0 Å². The molecule has 2 aromatic carbocycles. The maximum absolute atomic E-state index is 5.86. The van der Waals surface area contributed by atoms with E-state index in [4.69, 9.17) is 20.4 Å². The third-order valence-corrected chi connectivity index (χ3v) is 6.45. The van der Waals surface area contributed by atoms with Crippen LogP contribution in [-0.4, -0.2) is 11.2 Å². The summed E-state index contributed by atoms with van der Waals surface area (Å²) in [6.45, 7) is 0. The summed E-state index contributed by atoms with van der Waals surface area (Å²) in [5.41, 5.74) is 0. The molecule has 18 heavy (non-hydrogen) atoms. The molecule has 0 radical (unpaired) electrons. The van der Waals surface area contributed by atoms with Gasteiger partial charge in [0.25, 0.3) is 0 Å². The van der Waals surface area contributed by atoms with E-state index in [2.05, 4.69) is 48.5 Å². The fourth-order valence-corrected chi connectivity index (χ4v) is 5.69. The van der Waals surface area contributed by atoms with Crippen LogP contribution in [0.1, 0.15) is 0 Å². The minimum absolute atomic E-state index is 0.397. The van der Waals surface area contributed by atoms with Crippen LogP contribution in [-0.2, 0) is 11.2 Å². The first-order chi connectivity index (χ1) is 8.77. The van der Waals surface area contributed by atoms with E-state index in [1.54, 1.807) is 0 Å². The molecule has 0 unspecified atom stereocenters. The van der Waals surface area contributed by atoms with Crippen molar-refractivity contribution in [3.8, 4) is 0 Å². The second-order valence-electron chi connectivity index (χ2n) is 3.59.